The van der Waals surface area contributed by atoms with Crippen molar-refractivity contribution in [2.75, 3.05) is 5.32 Å². The van der Waals surface area contributed by atoms with E-state index in [0.717, 1.165) is 17.7 Å². The van der Waals surface area contributed by atoms with Gasteiger partial charge in [0.2, 0.25) is 0 Å². The molecule has 1 atom stereocenters. The Kier molecular flexibility index (Phi) is 4.42. The Labute approximate surface area is 124 Å². The molecule has 112 valence electrons. The molecular weight excluding hydrogens is 306 g/mol. The molecule has 6 heteroatoms. The molecule has 0 bridgehead atoms. The number of hydrogen-bond acceptors (Lipinski definition) is 1. The van der Waals surface area contributed by atoms with Crippen LogP contribution >= 0.6 is 11.6 Å². The third-order valence-corrected chi connectivity index (χ3v) is 3.28. The molecule has 0 saturated carbocycles. The summed E-state index contributed by atoms with van der Waals surface area (Å²) in [5, 5.41) is 3.48. The minimum Gasteiger partial charge on any atom is -0.379 e. The van der Waals surface area contributed by atoms with Crippen molar-refractivity contribution in [3.05, 3.63) is 64.4 Å². The second kappa shape index (κ2) is 5.93. The van der Waals surface area contributed by atoms with E-state index < -0.39 is 17.6 Å². The van der Waals surface area contributed by atoms with Crippen molar-refractivity contribution in [1.29, 1.82) is 0 Å². The highest BCUT2D eigenvalue weighted by atomic mass is 35.5. The summed E-state index contributed by atoms with van der Waals surface area (Å²) in [7, 11) is 0. The normalized spacial score (nSPS) is 13.0. The Morgan fingerprint density at radius 2 is 1.67 bits per heavy atom. The SMILES string of the molecule is CC(Nc1ccc(F)c(C(F)(F)F)c1)c1ccc(Cl)cc1. The molecule has 0 spiro atoms. The van der Waals surface area contributed by atoms with Crippen LogP contribution in [0.1, 0.15) is 24.1 Å². The average molecular weight is 318 g/mol. The van der Waals surface area contributed by atoms with Crippen LogP contribution in [0.4, 0.5) is 23.2 Å². The van der Waals surface area contributed by atoms with Crippen LogP contribution in [-0.2, 0) is 6.18 Å². The van der Waals surface area contributed by atoms with Crippen LogP contribution in [0.2, 0.25) is 5.02 Å². The predicted molar refractivity (Wildman–Crippen MR) is 74.9 cm³/mol. The third kappa shape index (κ3) is 3.88. The summed E-state index contributed by atoms with van der Waals surface area (Å²) in [5.74, 6) is -1.29. The van der Waals surface area contributed by atoms with Crippen molar-refractivity contribution < 1.29 is 17.6 Å². The van der Waals surface area contributed by atoms with E-state index in [2.05, 4.69) is 5.32 Å². The van der Waals surface area contributed by atoms with Gasteiger partial charge >= 0.3 is 6.18 Å². The van der Waals surface area contributed by atoms with E-state index in [4.69, 9.17) is 11.6 Å². The van der Waals surface area contributed by atoms with Crippen LogP contribution in [-0.4, -0.2) is 0 Å². The maximum Gasteiger partial charge on any atom is 0.419 e. The maximum atomic E-state index is 13.2. The van der Waals surface area contributed by atoms with Crippen molar-refractivity contribution in [1.82, 2.24) is 0 Å². The van der Waals surface area contributed by atoms with Crippen LogP contribution in [0.25, 0.3) is 0 Å². The summed E-state index contributed by atoms with van der Waals surface area (Å²) >= 11 is 5.78. The topological polar surface area (TPSA) is 12.0 Å². The molecule has 2 rings (SSSR count). The van der Waals surface area contributed by atoms with Gasteiger partial charge in [0.25, 0.3) is 0 Å². The first-order valence-corrected chi connectivity index (χ1v) is 6.54. The lowest BCUT2D eigenvalue weighted by molar-refractivity contribution is -0.139. The quantitative estimate of drug-likeness (QED) is 0.719. The van der Waals surface area contributed by atoms with E-state index in [0.29, 0.717) is 5.02 Å². The second-order valence-corrected chi connectivity index (χ2v) is 5.05. The van der Waals surface area contributed by atoms with Gasteiger partial charge in [0.1, 0.15) is 5.82 Å². The van der Waals surface area contributed by atoms with Gasteiger partial charge in [0.05, 0.1) is 5.56 Å². The molecule has 1 unspecified atom stereocenters. The molecular formula is C15H12ClF4N. The van der Waals surface area contributed by atoms with Gasteiger partial charge in [-0.05, 0) is 42.8 Å². The minimum atomic E-state index is -4.72. The first-order chi connectivity index (χ1) is 9.77. The summed E-state index contributed by atoms with van der Waals surface area (Å²) in [6, 6.07) is 9.54. The van der Waals surface area contributed by atoms with E-state index in [1.165, 1.54) is 6.07 Å². The van der Waals surface area contributed by atoms with Crippen LogP contribution in [0, 0.1) is 5.82 Å². The number of halogens is 5. The zero-order chi connectivity index (χ0) is 15.6. The van der Waals surface area contributed by atoms with E-state index >= 15 is 0 Å². The summed E-state index contributed by atoms with van der Waals surface area (Å²) in [5.41, 5.74) is -0.223. The molecule has 0 aromatic heterocycles. The fourth-order valence-corrected chi connectivity index (χ4v) is 2.04. The molecule has 0 aliphatic rings. The van der Waals surface area contributed by atoms with E-state index in [-0.39, 0.29) is 11.7 Å². The molecule has 0 aliphatic heterocycles. The number of benzene rings is 2. The summed E-state index contributed by atoms with van der Waals surface area (Å²) in [6.07, 6.45) is -4.72. The smallest absolute Gasteiger partial charge is 0.379 e. The molecule has 2 aromatic rings. The van der Waals surface area contributed by atoms with Crippen LogP contribution in [0.15, 0.2) is 42.5 Å². The third-order valence-electron chi connectivity index (χ3n) is 3.02. The van der Waals surface area contributed by atoms with Gasteiger partial charge < -0.3 is 5.32 Å². The van der Waals surface area contributed by atoms with Crippen molar-refractivity contribution in [3.8, 4) is 0 Å². The minimum absolute atomic E-state index is 0.200. The lowest BCUT2D eigenvalue weighted by Crippen LogP contribution is -2.11. The monoisotopic (exact) mass is 317 g/mol. The Bertz CT molecular complexity index is 623. The zero-order valence-corrected chi connectivity index (χ0v) is 11.8. The molecule has 1 nitrogen and oxygen atoms in total. The molecule has 0 fully saturated rings. The molecule has 2 aromatic carbocycles. The zero-order valence-electron chi connectivity index (χ0n) is 11.0. The van der Waals surface area contributed by atoms with Gasteiger partial charge in [-0.25, -0.2) is 4.39 Å². The number of hydrogen-bond donors (Lipinski definition) is 1. The number of rotatable bonds is 3. The average Bonchev–Trinajstić information content (AvgIpc) is 2.40. The highest BCUT2D eigenvalue weighted by Crippen LogP contribution is 2.33. The van der Waals surface area contributed by atoms with Gasteiger partial charge in [0.15, 0.2) is 0 Å². The van der Waals surface area contributed by atoms with Gasteiger partial charge in [0, 0.05) is 16.8 Å². The van der Waals surface area contributed by atoms with Crippen LogP contribution in [0.3, 0.4) is 0 Å². The lowest BCUT2D eigenvalue weighted by atomic mass is 10.1. The first-order valence-electron chi connectivity index (χ1n) is 6.16. The van der Waals surface area contributed by atoms with Gasteiger partial charge in [-0.2, -0.15) is 13.2 Å². The van der Waals surface area contributed by atoms with Crippen molar-refractivity contribution in [2.24, 2.45) is 0 Å². The largest absolute Gasteiger partial charge is 0.419 e. The van der Waals surface area contributed by atoms with Gasteiger partial charge in [-0.3, -0.25) is 0 Å². The molecule has 0 aliphatic carbocycles. The predicted octanol–water partition coefficient (Wildman–Crippen LogP) is 5.67. The molecule has 21 heavy (non-hydrogen) atoms. The Morgan fingerprint density at radius 1 is 1.05 bits per heavy atom. The Hall–Kier alpha value is -1.75. The van der Waals surface area contributed by atoms with Crippen molar-refractivity contribution in [2.45, 2.75) is 19.1 Å². The first kappa shape index (κ1) is 15.6. The molecule has 0 radical (unpaired) electrons. The van der Waals surface area contributed by atoms with Gasteiger partial charge in [-0.1, -0.05) is 23.7 Å². The Balaban J connectivity index is 2.21. The van der Waals surface area contributed by atoms with E-state index in [1.54, 1.807) is 31.2 Å². The molecule has 1 N–H and O–H groups in total. The number of nitrogens with one attached hydrogen (secondary N) is 1. The Morgan fingerprint density at radius 3 is 2.24 bits per heavy atom. The van der Waals surface area contributed by atoms with E-state index in [1.807, 2.05) is 0 Å². The highest BCUT2D eigenvalue weighted by molar-refractivity contribution is 6.30. The van der Waals surface area contributed by atoms with Crippen LogP contribution < -0.4 is 5.32 Å². The standard InChI is InChI=1S/C15H12ClF4N/c1-9(10-2-4-11(16)5-3-10)21-12-6-7-14(17)13(8-12)15(18,19)20/h2-9,21H,1H3. The molecule has 0 amide bonds. The molecule has 0 heterocycles. The van der Waals surface area contributed by atoms with Crippen molar-refractivity contribution in [3.63, 3.8) is 0 Å². The number of alkyl halides is 3. The second-order valence-electron chi connectivity index (χ2n) is 4.61. The fraction of sp³-hybridized carbons (Fsp3) is 0.200. The van der Waals surface area contributed by atoms with Crippen LogP contribution in [0.5, 0.6) is 0 Å². The summed E-state index contributed by atoms with van der Waals surface area (Å²) in [4.78, 5) is 0. The van der Waals surface area contributed by atoms with Crippen molar-refractivity contribution >= 4 is 17.3 Å². The number of anilines is 1. The fourth-order valence-electron chi connectivity index (χ4n) is 1.92. The van der Waals surface area contributed by atoms with Gasteiger partial charge in [-0.15, -0.1) is 0 Å². The maximum absolute atomic E-state index is 13.2. The molecule has 0 saturated heterocycles. The highest BCUT2D eigenvalue weighted by Gasteiger charge is 2.34. The van der Waals surface area contributed by atoms with E-state index in [9.17, 15) is 17.6 Å². The lowest BCUT2D eigenvalue weighted by Gasteiger charge is -2.17. The summed E-state index contributed by atoms with van der Waals surface area (Å²) < 4.78 is 51.2. The summed E-state index contributed by atoms with van der Waals surface area (Å²) in [6.45, 7) is 1.79.